The van der Waals surface area contributed by atoms with Crippen LogP contribution in [0.5, 0.6) is 0 Å². The first-order valence-electron chi connectivity index (χ1n) is 7.66. The van der Waals surface area contributed by atoms with Gasteiger partial charge in [0.25, 0.3) is 5.91 Å². The molecule has 0 aromatic heterocycles. The Balaban J connectivity index is 4.51. The number of alkyl carbamates (subject to hydrolysis) is 1. The molecular formula is C15H30N2O4. The van der Waals surface area contributed by atoms with E-state index < -0.39 is 29.7 Å². The van der Waals surface area contributed by atoms with Gasteiger partial charge < -0.3 is 20.5 Å². The van der Waals surface area contributed by atoms with E-state index in [2.05, 4.69) is 10.6 Å². The van der Waals surface area contributed by atoms with Crippen molar-refractivity contribution in [2.24, 2.45) is 0 Å². The Morgan fingerprint density at radius 2 is 1.81 bits per heavy atom. The Labute approximate surface area is 127 Å². The quantitative estimate of drug-likeness (QED) is 0.598. The van der Waals surface area contributed by atoms with Gasteiger partial charge >= 0.3 is 6.09 Å². The summed E-state index contributed by atoms with van der Waals surface area (Å²) in [6, 6.07) is -0.647. The number of ether oxygens (including phenoxy) is 1. The molecule has 21 heavy (non-hydrogen) atoms. The molecule has 0 aromatic carbocycles. The van der Waals surface area contributed by atoms with E-state index in [9.17, 15) is 14.7 Å². The summed E-state index contributed by atoms with van der Waals surface area (Å²) in [5.41, 5.74) is -0.616. The number of unbranched alkanes of at least 4 members (excludes halogenated alkanes) is 1. The zero-order chi connectivity index (χ0) is 16.5. The summed E-state index contributed by atoms with van der Waals surface area (Å²) in [4.78, 5) is 23.6. The molecule has 0 radical (unpaired) electrons. The van der Waals surface area contributed by atoms with Crippen molar-refractivity contribution in [2.75, 3.05) is 6.54 Å². The van der Waals surface area contributed by atoms with Gasteiger partial charge in [-0.3, -0.25) is 4.79 Å². The second-order valence-electron chi connectivity index (χ2n) is 6.13. The van der Waals surface area contributed by atoms with Crippen molar-refractivity contribution < 1.29 is 19.4 Å². The van der Waals surface area contributed by atoms with Crippen LogP contribution >= 0.6 is 0 Å². The average molecular weight is 302 g/mol. The van der Waals surface area contributed by atoms with Crippen LogP contribution in [0.1, 0.15) is 60.3 Å². The molecule has 0 aliphatic rings. The summed E-state index contributed by atoms with van der Waals surface area (Å²) >= 11 is 0. The lowest BCUT2D eigenvalue weighted by molar-refractivity contribution is -0.130. The molecule has 0 heterocycles. The Morgan fingerprint density at radius 3 is 2.29 bits per heavy atom. The fraction of sp³-hybridized carbons (Fsp3) is 0.867. The van der Waals surface area contributed by atoms with Crippen LogP contribution in [0, 0.1) is 0 Å². The van der Waals surface area contributed by atoms with Gasteiger partial charge in [0, 0.05) is 6.54 Å². The zero-order valence-corrected chi connectivity index (χ0v) is 13.9. The normalized spacial score (nSPS) is 14.2. The molecule has 2 unspecified atom stereocenters. The number of carbonyl (C=O) groups is 2. The molecule has 0 aromatic rings. The van der Waals surface area contributed by atoms with Crippen molar-refractivity contribution in [2.45, 2.75) is 78.0 Å². The zero-order valence-electron chi connectivity index (χ0n) is 13.9. The third-order valence-corrected chi connectivity index (χ3v) is 2.78. The number of aliphatic hydroxyl groups excluding tert-OH is 1. The van der Waals surface area contributed by atoms with Crippen molar-refractivity contribution in [3.05, 3.63) is 0 Å². The highest BCUT2D eigenvalue weighted by Crippen LogP contribution is 2.09. The van der Waals surface area contributed by atoms with Crippen molar-refractivity contribution >= 4 is 12.0 Å². The number of aliphatic hydroxyl groups is 1. The molecule has 6 heteroatoms. The van der Waals surface area contributed by atoms with Crippen LogP contribution in [0.15, 0.2) is 0 Å². The summed E-state index contributed by atoms with van der Waals surface area (Å²) in [5, 5.41) is 15.3. The van der Waals surface area contributed by atoms with Gasteiger partial charge in [-0.05, 0) is 33.6 Å². The molecule has 0 saturated carbocycles. The Morgan fingerprint density at radius 1 is 1.19 bits per heavy atom. The number of hydrogen-bond donors (Lipinski definition) is 3. The minimum absolute atomic E-state index is 0.460. The fourth-order valence-electron chi connectivity index (χ4n) is 1.75. The molecule has 0 spiro atoms. The topological polar surface area (TPSA) is 87.7 Å². The lowest BCUT2D eigenvalue weighted by Crippen LogP contribution is -2.51. The SMILES string of the molecule is CCCCNC(=O)C(O)C(CCC)NC(=O)OC(C)(C)C. The third-order valence-electron chi connectivity index (χ3n) is 2.78. The molecule has 6 nitrogen and oxygen atoms in total. The average Bonchev–Trinajstić information content (AvgIpc) is 2.35. The number of rotatable bonds is 8. The number of carbonyl (C=O) groups excluding carboxylic acids is 2. The molecule has 0 aliphatic carbocycles. The van der Waals surface area contributed by atoms with Gasteiger partial charge in [0.2, 0.25) is 0 Å². The molecular weight excluding hydrogens is 272 g/mol. The largest absolute Gasteiger partial charge is 0.444 e. The lowest BCUT2D eigenvalue weighted by Gasteiger charge is -2.26. The highest BCUT2D eigenvalue weighted by atomic mass is 16.6. The van der Waals surface area contributed by atoms with Crippen LogP contribution in [0.3, 0.4) is 0 Å². The lowest BCUT2D eigenvalue weighted by atomic mass is 10.1. The van der Waals surface area contributed by atoms with Gasteiger partial charge in [0.05, 0.1) is 6.04 Å². The van der Waals surface area contributed by atoms with Crippen LogP contribution in [0.2, 0.25) is 0 Å². The minimum atomic E-state index is -1.27. The van der Waals surface area contributed by atoms with Gasteiger partial charge in [0.15, 0.2) is 6.10 Å². The summed E-state index contributed by atoms with van der Waals surface area (Å²) in [5.74, 6) is -0.460. The second-order valence-corrected chi connectivity index (χ2v) is 6.13. The number of hydrogen-bond acceptors (Lipinski definition) is 4. The van der Waals surface area contributed by atoms with Crippen molar-refractivity contribution in [1.82, 2.24) is 10.6 Å². The Kier molecular flexibility index (Phi) is 9.01. The van der Waals surface area contributed by atoms with E-state index in [1.807, 2.05) is 13.8 Å². The molecule has 0 aliphatic heterocycles. The molecule has 2 amide bonds. The predicted octanol–water partition coefficient (Wildman–Crippen LogP) is 1.96. The van der Waals surface area contributed by atoms with Crippen LogP contribution < -0.4 is 10.6 Å². The van der Waals surface area contributed by atoms with Crippen LogP contribution in [0.4, 0.5) is 4.79 Å². The summed E-state index contributed by atoms with van der Waals surface area (Å²) < 4.78 is 5.15. The van der Waals surface area contributed by atoms with Gasteiger partial charge in [-0.1, -0.05) is 26.7 Å². The highest BCUT2D eigenvalue weighted by Gasteiger charge is 2.28. The maximum absolute atomic E-state index is 11.8. The molecule has 0 bridgehead atoms. The molecule has 124 valence electrons. The maximum Gasteiger partial charge on any atom is 0.407 e. The van der Waals surface area contributed by atoms with Gasteiger partial charge in [-0.25, -0.2) is 4.79 Å². The van der Waals surface area contributed by atoms with Gasteiger partial charge in [-0.2, -0.15) is 0 Å². The standard InChI is InChI=1S/C15H30N2O4/c1-6-8-10-16-13(19)12(18)11(9-7-2)17-14(20)21-15(3,4)5/h11-12,18H,6-10H2,1-5H3,(H,16,19)(H,17,20). The fourth-order valence-corrected chi connectivity index (χ4v) is 1.75. The van der Waals surface area contributed by atoms with Crippen molar-refractivity contribution in [3.8, 4) is 0 Å². The van der Waals surface area contributed by atoms with E-state index in [0.717, 1.165) is 19.3 Å². The number of nitrogens with one attached hydrogen (secondary N) is 2. The van der Waals surface area contributed by atoms with E-state index in [-0.39, 0.29) is 0 Å². The monoisotopic (exact) mass is 302 g/mol. The first kappa shape index (κ1) is 19.7. The molecule has 0 fully saturated rings. The molecule has 0 rings (SSSR count). The van der Waals surface area contributed by atoms with Crippen LogP contribution in [-0.4, -0.2) is 41.4 Å². The van der Waals surface area contributed by atoms with Crippen molar-refractivity contribution in [3.63, 3.8) is 0 Å². The van der Waals surface area contributed by atoms with E-state index in [0.29, 0.717) is 13.0 Å². The van der Waals surface area contributed by atoms with Gasteiger partial charge in [0.1, 0.15) is 5.60 Å². The van der Waals surface area contributed by atoms with Gasteiger partial charge in [-0.15, -0.1) is 0 Å². The molecule has 2 atom stereocenters. The second kappa shape index (κ2) is 9.60. The Bertz CT molecular complexity index is 326. The van der Waals surface area contributed by atoms with E-state index >= 15 is 0 Å². The summed E-state index contributed by atoms with van der Waals surface area (Å²) in [6.07, 6.45) is 1.17. The van der Waals surface area contributed by atoms with E-state index in [1.54, 1.807) is 20.8 Å². The third kappa shape index (κ3) is 9.28. The smallest absolute Gasteiger partial charge is 0.407 e. The predicted molar refractivity (Wildman–Crippen MR) is 82.0 cm³/mol. The molecule has 0 saturated heterocycles. The van der Waals surface area contributed by atoms with Crippen LogP contribution in [-0.2, 0) is 9.53 Å². The van der Waals surface area contributed by atoms with Crippen LogP contribution in [0.25, 0.3) is 0 Å². The Hall–Kier alpha value is -1.30. The van der Waals surface area contributed by atoms with E-state index in [4.69, 9.17) is 4.74 Å². The molecule has 3 N–H and O–H groups in total. The minimum Gasteiger partial charge on any atom is -0.444 e. The summed E-state index contributed by atoms with van der Waals surface area (Å²) in [7, 11) is 0. The number of amides is 2. The van der Waals surface area contributed by atoms with Crippen molar-refractivity contribution in [1.29, 1.82) is 0 Å². The summed E-state index contributed by atoms with van der Waals surface area (Å²) in [6.45, 7) is 9.75. The first-order chi connectivity index (χ1) is 9.71. The maximum atomic E-state index is 11.8. The highest BCUT2D eigenvalue weighted by molar-refractivity contribution is 5.82. The van der Waals surface area contributed by atoms with E-state index in [1.165, 1.54) is 0 Å². The first-order valence-corrected chi connectivity index (χ1v) is 7.66.